The highest BCUT2D eigenvalue weighted by Gasteiger charge is 2.21. The number of nitrogens with zero attached hydrogens (tertiary/aromatic N) is 2. The molecule has 3 N–H and O–H groups in total. The number of rotatable bonds is 3. The second-order valence-corrected chi connectivity index (χ2v) is 4.91. The summed E-state index contributed by atoms with van der Waals surface area (Å²) in [5.74, 6) is -2.26. The molecule has 0 aliphatic rings. The summed E-state index contributed by atoms with van der Waals surface area (Å²) >= 11 is 0. The van der Waals surface area contributed by atoms with Crippen LogP contribution in [0.15, 0.2) is 48.7 Å². The van der Waals surface area contributed by atoms with Crippen LogP contribution in [-0.4, -0.2) is 33.6 Å². The molecule has 0 saturated heterocycles. The molecular formula is C17H13N3O4. The summed E-state index contributed by atoms with van der Waals surface area (Å²) in [6, 6.07) is 12.2. The lowest BCUT2D eigenvalue weighted by atomic mass is 10.1. The van der Waals surface area contributed by atoms with Crippen LogP contribution < -0.4 is 5.73 Å². The van der Waals surface area contributed by atoms with Gasteiger partial charge in [0, 0.05) is 5.56 Å². The van der Waals surface area contributed by atoms with Gasteiger partial charge in [-0.2, -0.15) is 0 Å². The highest BCUT2D eigenvalue weighted by Crippen LogP contribution is 2.27. The molecule has 0 atom stereocenters. The minimum atomic E-state index is -1.02. The molecular weight excluding hydrogens is 310 g/mol. The van der Waals surface area contributed by atoms with Crippen molar-refractivity contribution in [2.75, 3.05) is 6.54 Å². The SMILES string of the molecule is NCC(=O)OC(=O)c1c(O)ccc2nc(-c3ccccc3)cnc12. The lowest BCUT2D eigenvalue weighted by Crippen LogP contribution is -2.21. The molecule has 3 aromatic rings. The van der Waals surface area contributed by atoms with E-state index in [-0.39, 0.29) is 16.8 Å². The number of carbonyl (C=O) groups excluding carboxylic acids is 2. The molecule has 0 fully saturated rings. The molecule has 0 aliphatic carbocycles. The summed E-state index contributed by atoms with van der Waals surface area (Å²) in [7, 11) is 0. The van der Waals surface area contributed by atoms with Crippen molar-refractivity contribution in [3.63, 3.8) is 0 Å². The van der Waals surface area contributed by atoms with Crippen molar-refractivity contribution < 1.29 is 19.4 Å². The Kier molecular flexibility index (Phi) is 4.17. The van der Waals surface area contributed by atoms with Gasteiger partial charge >= 0.3 is 11.9 Å². The van der Waals surface area contributed by atoms with Crippen molar-refractivity contribution in [1.29, 1.82) is 0 Å². The van der Waals surface area contributed by atoms with Gasteiger partial charge in [-0.3, -0.25) is 9.78 Å². The minimum absolute atomic E-state index is 0.143. The standard InChI is InChI=1S/C17H13N3O4/c18-8-14(22)24-17(23)15-13(21)7-6-11-16(15)19-9-12(20-11)10-4-2-1-3-5-10/h1-7,9,21H,8,18H2. The molecule has 3 rings (SSSR count). The zero-order valence-electron chi connectivity index (χ0n) is 12.5. The van der Waals surface area contributed by atoms with Gasteiger partial charge in [-0.05, 0) is 12.1 Å². The van der Waals surface area contributed by atoms with E-state index in [2.05, 4.69) is 14.7 Å². The van der Waals surface area contributed by atoms with E-state index in [0.717, 1.165) is 5.56 Å². The Hall–Kier alpha value is -3.32. The lowest BCUT2D eigenvalue weighted by Gasteiger charge is -2.08. The second-order valence-electron chi connectivity index (χ2n) is 4.91. The molecule has 1 heterocycles. The molecule has 0 spiro atoms. The number of hydrogen-bond acceptors (Lipinski definition) is 7. The van der Waals surface area contributed by atoms with Crippen LogP contribution in [0.3, 0.4) is 0 Å². The number of aromatic nitrogens is 2. The van der Waals surface area contributed by atoms with E-state index >= 15 is 0 Å². The maximum atomic E-state index is 12.1. The Balaban J connectivity index is 2.09. The van der Waals surface area contributed by atoms with Crippen LogP contribution >= 0.6 is 0 Å². The average molecular weight is 323 g/mol. The Morgan fingerprint density at radius 1 is 1.12 bits per heavy atom. The first-order valence-corrected chi connectivity index (χ1v) is 7.09. The van der Waals surface area contributed by atoms with Crippen LogP contribution in [-0.2, 0) is 9.53 Å². The maximum absolute atomic E-state index is 12.1. The number of phenols is 1. The second kappa shape index (κ2) is 6.43. The van der Waals surface area contributed by atoms with Gasteiger partial charge < -0.3 is 15.6 Å². The summed E-state index contributed by atoms with van der Waals surface area (Å²) in [5.41, 5.74) is 6.91. The van der Waals surface area contributed by atoms with Crippen LogP contribution in [0.2, 0.25) is 0 Å². The summed E-state index contributed by atoms with van der Waals surface area (Å²) in [4.78, 5) is 31.9. The average Bonchev–Trinajstić information content (AvgIpc) is 2.61. The Labute approximate surface area is 136 Å². The third kappa shape index (κ3) is 2.92. The third-order valence-corrected chi connectivity index (χ3v) is 3.34. The van der Waals surface area contributed by atoms with Crippen LogP contribution in [0.5, 0.6) is 5.75 Å². The molecule has 0 amide bonds. The molecule has 7 nitrogen and oxygen atoms in total. The van der Waals surface area contributed by atoms with E-state index < -0.39 is 18.5 Å². The summed E-state index contributed by atoms with van der Waals surface area (Å²) in [5, 5.41) is 9.94. The molecule has 7 heteroatoms. The number of hydrogen-bond donors (Lipinski definition) is 2. The largest absolute Gasteiger partial charge is 0.507 e. The van der Waals surface area contributed by atoms with E-state index in [1.807, 2.05) is 30.3 Å². The molecule has 0 unspecified atom stereocenters. The van der Waals surface area contributed by atoms with Crippen molar-refractivity contribution >= 4 is 23.0 Å². The molecule has 0 bridgehead atoms. The number of esters is 2. The van der Waals surface area contributed by atoms with Crippen molar-refractivity contribution in [3.05, 3.63) is 54.2 Å². The van der Waals surface area contributed by atoms with Gasteiger partial charge in [0.1, 0.15) is 16.8 Å². The Morgan fingerprint density at radius 2 is 1.88 bits per heavy atom. The predicted octanol–water partition coefficient (Wildman–Crippen LogP) is 1.64. The van der Waals surface area contributed by atoms with E-state index in [0.29, 0.717) is 11.2 Å². The van der Waals surface area contributed by atoms with E-state index in [9.17, 15) is 14.7 Å². The molecule has 2 aromatic carbocycles. The lowest BCUT2D eigenvalue weighted by molar-refractivity contribution is -0.136. The first-order chi connectivity index (χ1) is 11.6. The monoisotopic (exact) mass is 323 g/mol. The number of phenolic OH excluding ortho intramolecular Hbond substituents is 1. The summed E-state index contributed by atoms with van der Waals surface area (Å²) in [6.07, 6.45) is 1.48. The highest BCUT2D eigenvalue weighted by atomic mass is 16.6. The third-order valence-electron chi connectivity index (χ3n) is 3.34. The van der Waals surface area contributed by atoms with Crippen molar-refractivity contribution in [1.82, 2.24) is 9.97 Å². The van der Waals surface area contributed by atoms with Crippen LogP contribution in [0, 0.1) is 0 Å². The van der Waals surface area contributed by atoms with Crippen LogP contribution in [0.1, 0.15) is 10.4 Å². The number of nitrogens with two attached hydrogens (primary N) is 1. The Morgan fingerprint density at radius 3 is 2.58 bits per heavy atom. The fourth-order valence-corrected chi connectivity index (χ4v) is 2.22. The summed E-state index contributed by atoms with van der Waals surface area (Å²) in [6.45, 7) is -0.443. The van der Waals surface area contributed by atoms with Gasteiger partial charge in [-0.25, -0.2) is 9.78 Å². The normalized spacial score (nSPS) is 10.5. The van der Waals surface area contributed by atoms with Gasteiger partial charge in [-0.15, -0.1) is 0 Å². The quantitative estimate of drug-likeness (QED) is 0.556. The zero-order valence-corrected chi connectivity index (χ0v) is 12.5. The van der Waals surface area contributed by atoms with Gasteiger partial charge in [0.15, 0.2) is 0 Å². The first-order valence-electron chi connectivity index (χ1n) is 7.09. The fourth-order valence-electron chi connectivity index (χ4n) is 2.22. The fraction of sp³-hybridized carbons (Fsp3) is 0.0588. The van der Waals surface area contributed by atoms with Gasteiger partial charge in [0.2, 0.25) is 0 Å². The molecule has 1 aromatic heterocycles. The van der Waals surface area contributed by atoms with Crippen LogP contribution in [0.4, 0.5) is 0 Å². The van der Waals surface area contributed by atoms with E-state index in [1.54, 1.807) is 0 Å². The van der Waals surface area contributed by atoms with Gasteiger partial charge in [-0.1, -0.05) is 30.3 Å². The van der Waals surface area contributed by atoms with Gasteiger partial charge in [0.25, 0.3) is 0 Å². The van der Waals surface area contributed by atoms with Gasteiger partial charge in [0.05, 0.1) is 24.0 Å². The number of fused-ring (bicyclic) bond motifs is 1. The molecule has 0 aliphatic heterocycles. The first kappa shape index (κ1) is 15.6. The zero-order chi connectivity index (χ0) is 17.1. The van der Waals surface area contributed by atoms with Crippen LogP contribution in [0.25, 0.3) is 22.3 Å². The molecule has 24 heavy (non-hydrogen) atoms. The predicted molar refractivity (Wildman–Crippen MR) is 86.1 cm³/mol. The van der Waals surface area contributed by atoms with E-state index in [4.69, 9.17) is 5.73 Å². The maximum Gasteiger partial charge on any atom is 0.351 e. The van der Waals surface area contributed by atoms with Crippen molar-refractivity contribution in [2.45, 2.75) is 0 Å². The molecule has 0 radical (unpaired) electrons. The summed E-state index contributed by atoms with van der Waals surface area (Å²) < 4.78 is 4.56. The van der Waals surface area contributed by atoms with Crippen molar-refractivity contribution in [2.24, 2.45) is 5.73 Å². The molecule has 120 valence electrons. The number of ether oxygens (including phenoxy) is 1. The Bertz CT molecular complexity index is 926. The molecule has 0 saturated carbocycles. The minimum Gasteiger partial charge on any atom is -0.507 e. The number of carbonyl (C=O) groups is 2. The smallest absolute Gasteiger partial charge is 0.351 e. The van der Waals surface area contributed by atoms with E-state index in [1.165, 1.54) is 18.3 Å². The topological polar surface area (TPSA) is 115 Å². The van der Waals surface area contributed by atoms with Crippen molar-refractivity contribution in [3.8, 4) is 17.0 Å². The highest BCUT2D eigenvalue weighted by molar-refractivity contribution is 6.07. The number of aromatic hydroxyl groups is 1. The number of benzene rings is 2.